The lowest BCUT2D eigenvalue weighted by Crippen LogP contribution is -2.41. The van der Waals surface area contributed by atoms with Crippen molar-refractivity contribution in [2.45, 2.75) is 38.9 Å². The molecule has 0 spiro atoms. The zero-order valence-corrected chi connectivity index (χ0v) is 13.2. The summed E-state index contributed by atoms with van der Waals surface area (Å²) in [6.45, 7) is 8.13. The fourth-order valence-electron chi connectivity index (χ4n) is 2.42. The Hall–Kier alpha value is -1.04. The number of benzene rings is 1. The van der Waals surface area contributed by atoms with E-state index in [1.165, 1.54) is 0 Å². The predicted octanol–water partition coefficient (Wildman–Crippen LogP) is 2.53. The summed E-state index contributed by atoms with van der Waals surface area (Å²) in [6.07, 6.45) is 1.81. The maximum absolute atomic E-state index is 6.38. The molecule has 0 radical (unpaired) electrons. The van der Waals surface area contributed by atoms with E-state index in [9.17, 15) is 0 Å². The molecule has 1 saturated heterocycles. The molecule has 20 heavy (non-hydrogen) atoms. The minimum atomic E-state index is -0.472. The molecule has 106 valence electrons. The van der Waals surface area contributed by atoms with Crippen LogP contribution in [0.3, 0.4) is 0 Å². The Morgan fingerprint density at radius 1 is 1.15 bits per heavy atom. The molecule has 0 aliphatic carbocycles. The Morgan fingerprint density at radius 2 is 1.75 bits per heavy atom. The van der Waals surface area contributed by atoms with Crippen LogP contribution in [-0.2, 0) is 16.4 Å². The van der Waals surface area contributed by atoms with Gasteiger partial charge in [-0.3, -0.25) is 4.68 Å². The number of hydrogen-bond acceptors (Lipinski definition) is 3. The Labute approximate surface area is 124 Å². The van der Waals surface area contributed by atoms with Crippen LogP contribution < -0.4 is 5.46 Å². The van der Waals surface area contributed by atoms with E-state index in [0.29, 0.717) is 5.02 Å². The van der Waals surface area contributed by atoms with Crippen molar-refractivity contribution in [2.24, 2.45) is 7.05 Å². The number of halogens is 1. The van der Waals surface area contributed by atoms with Crippen LogP contribution in [0.2, 0.25) is 5.02 Å². The Morgan fingerprint density at radius 3 is 2.35 bits per heavy atom. The molecular weight excluding hydrogens is 274 g/mol. The van der Waals surface area contributed by atoms with Gasteiger partial charge in [-0.2, -0.15) is 5.10 Å². The molecule has 1 aromatic heterocycles. The van der Waals surface area contributed by atoms with Gasteiger partial charge in [0.15, 0.2) is 0 Å². The first-order chi connectivity index (χ1) is 9.23. The molecule has 0 unspecified atom stereocenters. The summed E-state index contributed by atoms with van der Waals surface area (Å²) >= 11 is 6.38. The molecule has 0 N–H and O–H groups in total. The third-order valence-electron chi connectivity index (χ3n) is 4.41. The summed E-state index contributed by atoms with van der Waals surface area (Å²) in [6, 6.07) is 3.82. The van der Waals surface area contributed by atoms with Crippen molar-refractivity contribution in [3.05, 3.63) is 23.4 Å². The lowest BCUT2D eigenvalue weighted by molar-refractivity contribution is 0.00578. The quantitative estimate of drug-likeness (QED) is 0.758. The lowest BCUT2D eigenvalue weighted by atomic mass is 9.77. The number of hydrogen-bond donors (Lipinski definition) is 0. The van der Waals surface area contributed by atoms with Gasteiger partial charge in [-0.15, -0.1) is 0 Å². The maximum Gasteiger partial charge on any atom is 0.497 e. The van der Waals surface area contributed by atoms with Crippen LogP contribution in [0.4, 0.5) is 0 Å². The van der Waals surface area contributed by atoms with E-state index in [2.05, 4.69) is 5.10 Å². The molecule has 6 heteroatoms. The molecule has 1 aliphatic rings. The van der Waals surface area contributed by atoms with Gasteiger partial charge in [0.1, 0.15) is 0 Å². The molecule has 2 heterocycles. The van der Waals surface area contributed by atoms with E-state index < -0.39 is 7.12 Å². The van der Waals surface area contributed by atoms with E-state index in [1.54, 1.807) is 0 Å². The second kappa shape index (κ2) is 4.23. The highest BCUT2D eigenvalue weighted by Crippen LogP contribution is 2.37. The summed E-state index contributed by atoms with van der Waals surface area (Å²) in [5.74, 6) is 0. The van der Waals surface area contributed by atoms with Gasteiger partial charge < -0.3 is 9.31 Å². The van der Waals surface area contributed by atoms with E-state index in [0.717, 1.165) is 16.4 Å². The highest BCUT2D eigenvalue weighted by molar-refractivity contribution is 6.68. The summed E-state index contributed by atoms with van der Waals surface area (Å²) in [5.41, 5.74) is 1.10. The van der Waals surface area contributed by atoms with Crippen molar-refractivity contribution in [3.8, 4) is 0 Å². The molecule has 0 atom stereocenters. The minimum absolute atomic E-state index is 0.384. The standard InChI is InChI=1S/C14H18BClN2O2/c1-13(2)14(3,4)20-15(19-13)12-9-8-17-18(5)11(9)7-6-10(12)16/h6-8H,1-5H3. The Bertz CT molecular complexity index is 665. The van der Waals surface area contributed by atoms with E-state index >= 15 is 0 Å². The first-order valence-corrected chi connectivity index (χ1v) is 7.06. The monoisotopic (exact) mass is 292 g/mol. The molecule has 4 nitrogen and oxygen atoms in total. The Kier molecular flexibility index (Phi) is 2.94. The van der Waals surface area contributed by atoms with Crippen LogP contribution in [0.15, 0.2) is 18.3 Å². The smallest absolute Gasteiger partial charge is 0.399 e. The van der Waals surface area contributed by atoms with Crippen molar-refractivity contribution >= 4 is 35.1 Å². The zero-order valence-electron chi connectivity index (χ0n) is 12.4. The summed E-state index contributed by atoms with van der Waals surface area (Å²) in [4.78, 5) is 0. The second-order valence-corrected chi connectivity index (χ2v) is 6.66. The summed E-state index contributed by atoms with van der Waals surface area (Å²) in [5, 5.41) is 5.90. The van der Waals surface area contributed by atoms with Crippen molar-refractivity contribution in [3.63, 3.8) is 0 Å². The van der Waals surface area contributed by atoms with Crippen molar-refractivity contribution in [2.75, 3.05) is 0 Å². The molecule has 2 aromatic rings. The van der Waals surface area contributed by atoms with Crippen molar-refractivity contribution in [1.29, 1.82) is 0 Å². The van der Waals surface area contributed by atoms with Crippen LogP contribution in [0.1, 0.15) is 27.7 Å². The third kappa shape index (κ3) is 1.88. The van der Waals surface area contributed by atoms with Gasteiger partial charge in [-0.25, -0.2) is 0 Å². The molecule has 0 bridgehead atoms. The van der Waals surface area contributed by atoms with E-state index in [4.69, 9.17) is 20.9 Å². The van der Waals surface area contributed by atoms with Gasteiger partial charge >= 0.3 is 7.12 Å². The van der Waals surface area contributed by atoms with Crippen LogP contribution in [0.25, 0.3) is 10.9 Å². The molecule has 1 aromatic carbocycles. The molecular formula is C14H18BClN2O2. The minimum Gasteiger partial charge on any atom is -0.399 e. The number of fused-ring (bicyclic) bond motifs is 1. The fourth-order valence-corrected chi connectivity index (χ4v) is 2.68. The van der Waals surface area contributed by atoms with Crippen LogP contribution in [0, 0.1) is 0 Å². The van der Waals surface area contributed by atoms with Gasteiger partial charge in [0.2, 0.25) is 0 Å². The van der Waals surface area contributed by atoms with E-state index in [1.807, 2.05) is 57.8 Å². The number of nitrogens with zero attached hydrogens (tertiary/aromatic N) is 2. The third-order valence-corrected chi connectivity index (χ3v) is 4.74. The highest BCUT2D eigenvalue weighted by atomic mass is 35.5. The topological polar surface area (TPSA) is 36.3 Å². The SMILES string of the molecule is Cn1ncc2c(B3OC(C)(C)C(C)(C)O3)c(Cl)ccc21. The van der Waals surface area contributed by atoms with E-state index in [-0.39, 0.29) is 11.2 Å². The van der Waals surface area contributed by atoms with Crippen molar-refractivity contribution < 1.29 is 9.31 Å². The van der Waals surface area contributed by atoms with Crippen molar-refractivity contribution in [1.82, 2.24) is 9.78 Å². The number of aryl methyl sites for hydroxylation is 1. The normalized spacial score (nSPS) is 20.8. The van der Waals surface area contributed by atoms with Gasteiger partial charge in [0.05, 0.1) is 22.9 Å². The fraction of sp³-hybridized carbons (Fsp3) is 0.500. The molecule has 0 saturated carbocycles. The van der Waals surface area contributed by atoms with Gasteiger partial charge in [0.25, 0.3) is 0 Å². The number of rotatable bonds is 1. The zero-order chi connectivity index (χ0) is 14.7. The summed E-state index contributed by atoms with van der Waals surface area (Å²) in [7, 11) is 1.44. The lowest BCUT2D eigenvalue weighted by Gasteiger charge is -2.32. The largest absolute Gasteiger partial charge is 0.497 e. The maximum atomic E-state index is 6.38. The van der Waals surface area contributed by atoms with Gasteiger partial charge in [-0.1, -0.05) is 11.6 Å². The number of aromatic nitrogens is 2. The van der Waals surface area contributed by atoms with Crippen LogP contribution in [-0.4, -0.2) is 28.1 Å². The molecule has 1 aliphatic heterocycles. The average molecular weight is 293 g/mol. The summed E-state index contributed by atoms with van der Waals surface area (Å²) < 4.78 is 14.0. The van der Waals surface area contributed by atoms with Gasteiger partial charge in [-0.05, 0) is 39.8 Å². The molecule has 1 fully saturated rings. The molecule has 0 amide bonds. The molecule has 3 rings (SSSR count). The highest BCUT2D eigenvalue weighted by Gasteiger charge is 2.52. The Balaban J connectivity index is 2.14. The van der Waals surface area contributed by atoms with Gasteiger partial charge in [0, 0.05) is 22.9 Å². The van der Waals surface area contributed by atoms with Crippen LogP contribution in [0.5, 0.6) is 0 Å². The second-order valence-electron chi connectivity index (χ2n) is 6.25. The predicted molar refractivity (Wildman–Crippen MR) is 81.4 cm³/mol. The first-order valence-electron chi connectivity index (χ1n) is 6.69. The average Bonchev–Trinajstić information content (AvgIpc) is 2.78. The van der Waals surface area contributed by atoms with Crippen LogP contribution >= 0.6 is 11.6 Å². The first kappa shape index (κ1) is 13.9.